The average Bonchev–Trinajstić information content (AvgIpc) is 3.07. The van der Waals surface area contributed by atoms with Gasteiger partial charge in [-0.25, -0.2) is 0 Å². The Bertz CT molecular complexity index is 1110. The number of carbonyl (C=O) groups is 1. The number of aromatic nitrogens is 3. The Morgan fingerprint density at radius 2 is 2.03 bits per heavy atom. The summed E-state index contributed by atoms with van der Waals surface area (Å²) in [5.74, 6) is 0.779. The zero-order chi connectivity index (χ0) is 22.1. The van der Waals surface area contributed by atoms with E-state index >= 15 is 0 Å². The monoisotopic (exact) mass is 412 g/mol. The van der Waals surface area contributed by atoms with Gasteiger partial charge in [0.25, 0.3) is 0 Å². The topological polar surface area (TPSA) is 110 Å². The van der Waals surface area contributed by atoms with Crippen molar-refractivity contribution in [2.24, 2.45) is 5.92 Å². The minimum Gasteiger partial charge on any atom is -0.502 e. The molecule has 3 rings (SSSR count). The van der Waals surface area contributed by atoms with Gasteiger partial charge in [-0.1, -0.05) is 33.8 Å². The lowest BCUT2D eigenvalue weighted by atomic mass is 9.85. The third kappa shape index (κ3) is 4.53. The SMILES string of the molecule is Cc1cc(=O)c(O)c(C(C)(C)CC(=O)NC(CC(C)C)c2nnc3ccccn23)o1. The molecule has 2 N–H and O–H groups in total. The van der Waals surface area contributed by atoms with E-state index in [9.17, 15) is 14.7 Å². The molecule has 0 saturated heterocycles. The summed E-state index contributed by atoms with van der Waals surface area (Å²) < 4.78 is 7.46. The molecular weight excluding hydrogens is 384 g/mol. The van der Waals surface area contributed by atoms with Gasteiger partial charge in [0.1, 0.15) is 5.76 Å². The Hall–Kier alpha value is -3.16. The second-order valence-electron chi connectivity index (χ2n) is 8.70. The molecule has 0 radical (unpaired) electrons. The summed E-state index contributed by atoms with van der Waals surface area (Å²) in [5.41, 5.74) is -0.689. The number of carbonyl (C=O) groups excluding carboxylic acids is 1. The molecule has 0 aromatic carbocycles. The van der Waals surface area contributed by atoms with Crippen molar-refractivity contribution in [3.05, 3.63) is 58.0 Å². The fraction of sp³-hybridized carbons (Fsp3) is 0.455. The molecule has 0 aliphatic heterocycles. The molecule has 0 bridgehead atoms. The minimum atomic E-state index is -0.880. The Labute approximate surface area is 175 Å². The zero-order valence-electron chi connectivity index (χ0n) is 18.0. The summed E-state index contributed by atoms with van der Waals surface area (Å²) >= 11 is 0. The molecule has 3 heterocycles. The van der Waals surface area contributed by atoms with Gasteiger partial charge in [0.15, 0.2) is 17.2 Å². The lowest BCUT2D eigenvalue weighted by Gasteiger charge is -2.26. The summed E-state index contributed by atoms with van der Waals surface area (Å²) in [6.45, 7) is 9.30. The molecular formula is C22H28N4O4. The van der Waals surface area contributed by atoms with E-state index < -0.39 is 16.6 Å². The van der Waals surface area contributed by atoms with Gasteiger partial charge in [-0.3, -0.25) is 14.0 Å². The number of fused-ring (bicyclic) bond motifs is 1. The smallest absolute Gasteiger partial charge is 0.227 e. The van der Waals surface area contributed by atoms with E-state index in [2.05, 4.69) is 29.4 Å². The minimum absolute atomic E-state index is 0.0261. The molecule has 0 aliphatic carbocycles. The fourth-order valence-electron chi connectivity index (χ4n) is 3.59. The lowest BCUT2D eigenvalue weighted by molar-refractivity contribution is -0.123. The first-order chi connectivity index (χ1) is 14.1. The molecule has 8 heteroatoms. The molecule has 1 unspecified atom stereocenters. The van der Waals surface area contributed by atoms with Crippen LogP contribution in [0.25, 0.3) is 5.65 Å². The van der Waals surface area contributed by atoms with Gasteiger partial charge in [0.2, 0.25) is 17.1 Å². The van der Waals surface area contributed by atoms with Crippen molar-refractivity contribution in [3.8, 4) is 5.75 Å². The second-order valence-corrected chi connectivity index (χ2v) is 8.70. The normalized spacial score (nSPS) is 13.0. The van der Waals surface area contributed by atoms with Crippen molar-refractivity contribution in [1.29, 1.82) is 0 Å². The highest BCUT2D eigenvalue weighted by Crippen LogP contribution is 2.33. The first-order valence-electron chi connectivity index (χ1n) is 10.0. The van der Waals surface area contributed by atoms with Crippen LogP contribution in [-0.4, -0.2) is 25.6 Å². The van der Waals surface area contributed by atoms with E-state index in [0.29, 0.717) is 29.6 Å². The first-order valence-corrected chi connectivity index (χ1v) is 10.0. The van der Waals surface area contributed by atoms with Crippen molar-refractivity contribution >= 4 is 11.6 Å². The molecule has 1 atom stereocenters. The van der Waals surface area contributed by atoms with Crippen LogP contribution < -0.4 is 10.7 Å². The van der Waals surface area contributed by atoms with Gasteiger partial charge in [-0.2, -0.15) is 0 Å². The summed E-state index contributed by atoms with van der Waals surface area (Å²) in [5, 5.41) is 21.7. The van der Waals surface area contributed by atoms with Crippen LogP contribution in [0.3, 0.4) is 0 Å². The van der Waals surface area contributed by atoms with Crippen LogP contribution in [0.2, 0.25) is 0 Å². The number of pyridine rings is 1. The van der Waals surface area contributed by atoms with Crippen LogP contribution in [-0.2, 0) is 10.2 Å². The Morgan fingerprint density at radius 1 is 1.30 bits per heavy atom. The van der Waals surface area contributed by atoms with E-state index in [-0.39, 0.29) is 24.1 Å². The molecule has 0 saturated carbocycles. The first kappa shape index (κ1) is 21.5. The maximum absolute atomic E-state index is 13.0. The van der Waals surface area contributed by atoms with E-state index in [1.54, 1.807) is 20.8 Å². The Morgan fingerprint density at radius 3 is 2.73 bits per heavy atom. The predicted octanol–water partition coefficient (Wildman–Crippen LogP) is 3.27. The number of aryl methyl sites for hydroxylation is 1. The van der Waals surface area contributed by atoms with Crippen LogP contribution >= 0.6 is 0 Å². The molecule has 0 fully saturated rings. The number of amides is 1. The molecule has 160 valence electrons. The maximum Gasteiger partial charge on any atom is 0.227 e. The van der Waals surface area contributed by atoms with Crippen LogP contribution in [0.4, 0.5) is 0 Å². The third-order valence-electron chi connectivity index (χ3n) is 4.96. The van der Waals surface area contributed by atoms with Crippen LogP contribution in [0.1, 0.15) is 63.9 Å². The number of nitrogens with one attached hydrogen (secondary N) is 1. The van der Waals surface area contributed by atoms with Gasteiger partial charge in [-0.15, -0.1) is 10.2 Å². The van der Waals surface area contributed by atoms with Crippen LogP contribution in [0, 0.1) is 12.8 Å². The van der Waals surface area contributed by atoms with E-state index in [0.717, 1.165) is 0 Å². The van der Waals surface area contributed by atoms with Crippen LogP contribution in [0.5, 0.6) is 5.75 Å². The Balaban J connectivity index is 1.85. The summed E-state index contributed by atoms with van der Waals surface area (Å²) in [6, 6.07) is 6.53. The van der Waals surface area contributed by atoms with E-state index in [4.69, 9.17) is 4.42 Å². The molecule has 8 nitrogen and oxygen atoms in total. The summed E-state index contributed by atoms with van der Waals surface area (Å²) in [7, 11) is 0. The summed E-state index contributed by atoms with van der Waals surface area (Å²) in [6.07, 6.45) is 2.58. The van der Waals surface area contributed by atoms with Gasteiger partial charge in [0, 0.05) is 24.1 Å². The van der Waals surface area contributed by atoms with Gasteiger partial charge < -0.3 is 14.8 Å². The summed E-state index contributed by atoms with van der Waals surface area (Å²) in [4.78, 5) is 24.9. The molecule has 30 heavy (non-hydrogen) atoms. The average molecular weight is 412 g/mol. The maximum atomic E-state index is 13.0. The van der Waals surface area contributed by atoms with Crippen LogP contribution in [0.15, 0.2) is 39.7 Å². The van der Waals surface area contributed by atoms with E-state index in [1.807, 2.05) is 28.8 Å². The number of hydrogen-bond acceptors (Lipinski definition) is 6. The van der Waals surface area contributed by atoms with Crippen molar-refractivity contribution < 1.29 is 14.3 Å². The van der Waals surface area contributed by atoms with Crippen molar-refractivity contribution in [3.63, 3.8) is 0 Å². The lowest BCUT2D eigenvalue weighted by Crippen LogP contribution is -2.35. The standard InChI is InChI=1S/C22H28N4O4/c1-13(2)10-15(21-25-24-17-8-6-7-9-26(17)21)23-18(28)12-22(4,5)20-19(29)16(27)11-14(3)30-20/h6-9,11,13,15,29H,10,12H2,1-5H3,(H,23,28). The molecule has 0 spiro atoms. The molecule has 3 aromatic heterocycles. The highest BCUT2D eigenvalue weighted by molar-refractivity contribution is 5.78. The highest BCUT2D eigenvalue weighted by atomic mass is 16.4. The van der Waals surface area contributed by atoms with E-state index in [1.165, 1.54) is 6.07 Å². The molecule has 3 aromatic rings. The molecule has 0 aliphatic rings. The number of hydrogen-bond donors (Lipinski definition) is 2. The van der Waals surface area contributed by atoms with Crippen molar-refractivity contribution in [2.45, 2.75) is 58.9 Å². The largest absolute Gasteiger partial charge is 0.502 e. The second kappa shape index (κ2) is 8.30. The Kier molecular flexibility index (Phi) is 5.96. The van der Waals surface area contributed by atoms with Crippen molar-refractivity contribution in [1.82, 2.24) is 19.9 Å². The predicted molar refractivity (Wildman–Crippen MR) is 112 cm³/mol. The fourth-order valence-corrected chi connectivity index (χ4v) is 3.59. The number of nitrogens with zero attached hydrogens (tertiary/aromatic N) is 3. The molecule has 1 amide bonds. The van der Waals surface area contributed by atoms with Gasteiger partial charge in [-0.05, 0) is 31.4 Å². The third-order valence-corrected chi connectivity index (χ3v) is 4.96. The quantitative estimate of drug-likeness (QED) is 0.616. The van der Waals surface area contributed by atoms with Gasteiger partial charge in [0.05, 0.1) is 6.04 Å². The van der Waals surface area contributed by atoms with Gasteiger partial charge >= 0.3 is 0 Å². The number of rotatable bonds is 7. The van der Waals surface area contributed by atoms with Crippen molar-refractivity contribution in [2.75, 3.05) is 0 Å². The highest BCUT2D eigenvalue weighted by Gasteiger charge is 2.33. The zero-order valence-corrected chi connectivity index (χ0v) is 18.0. The number of aromatic hydroxyl groups is 1.